The molecule has 0 radical (unpaired) electrons. The van der Waals surface area contributed by atoms with Crippen LogP contribution in [-0.2, 0) is 16.8 Å². The molecule has 4 N–H and O–H groups in total. The van der Waals surface area contributed by atoms with Crippen LogP contribution in [0.25, 0.3) is 0 Å². The van der Waals surface area contributed by atoms with Gasteiger partial charge in [-0.2, -0.15) is 0 Å². The second-order valence-corrected chi connectivity index (χ2v) is 8.18. The zero-order chi connectivity index (χ0) is 20.4. The summed E-state index contributed by atoms with van der Waals surface area (Å²) in [7, 11) is 0. The Hall–Kier alpha value is -2.96. The van der Waals surface area contributed by atoms with Gasteiger partial charge in [0.15, 0.2) is 0 Å². The van der Waals surface area contributed by atoms with Crippen molar-refractivity contribution in [1.82, 2.24) is 10.3 Å². The highest BCUT2D eigenvalue weighted by molar-refractivity contribution is 5.92. The zero-order valence-corrected chi connectivity index (χ0v) is 16.5. The molecule has 0 spiro atoms. The number of anilines is 1. The molecular formula is C21H27N3O4. The van der Waals surface area contributed by atoms with Crippen molar-refractivity contribution in [2.45, 2.75) is 57.7 Å². The van der Waals surface area contributed by atoms with Gasteiger partial charge in [-0.25, -0.2) is 9.59 Å². The molecule has 1 aromatic heterocycles. The van der Waals surface area contributed by atoms with Crippen molar-refractivity contribution in [2.75, 3.05) is 5.32 Å². The third-order valence-corrected chi connectivity index (χ3v) is 4.90. The van der Waals surface area contributed by atoms with E-state index in [1.54, 1.807) is 12.3 Å². The van der Waals surface area contributed by atoms with E-state index in [0.717, 1.165) is 30.4 Å². The summed E-state index contributed by atoms with van der Waals surface area (Å²) >= 11 is 0. The van der Waals surface area contributed by atoms with Crippen LogP contribution in [0.4, 0.5) is 10.5 Å². The first-order valence-corrected chi connectivity index (χ1v) is 9.44. The molecule has 150 valence electrons. The number of carboxylic acid groups (broad SMARTS) is 1. The lowest BCUT2D eigenvalue weighted by atomic mass is 9.72. The van der Waals surface area contributed by atoms with Gasteiger partial charge in [0.25, 0.3) is 0 Å². The van der Waals surface area contributed by atoms with Crippen LogP contribution >= 0.6 is 0 Å². The monoisotopic (exact) mass is 385 g/mol. The number of carbonyl (C=O) groups excluding carboxylic acids is 1. The molecule has 3 rings (SSSR count). The molecule has 0 saturated heterocycles. The van der Waals surface area contributed by atoms with E-state index in [-0.39, 0.29) is 11.2 Å². The van der Waals surface area contributed by atoms with E-state index in [4.69, 9.17) is 9.84 Å². The summed E-state index contributed by atoms with van der Waals surface area (Å²) in [5, 5.41) is 15.3. The zero-order valence-electron chi connectivity index (χ0n) is 16.5. The first-order valence-electron chi connectivity index (χ1n) is 9.44. The maximum atomic E-state index is 12.2. The van der Waals surface area contributed by atoms with E-state index < -0.39 is 17.7 Å². The Bertz CT molecular complexity index is 845. The van der Waals surface area contributed by atoms with Crippen molar-refractivity contribution < 1.29 is 19.4 Å². The van der Waals surface area contributed by atoms with Crippen molar-refractivity contribution >= 4 is 17.7 Å². The number of hydrogen-bond donors (Lipinski definition) is 4. The summed E-state index contributed by atoms with van der Waals surface area (Å²) in [5.41, 5.74) is 1.88. The Labute approximate surface area is 164 Å². The lowest BCUT2D eigenvalue weighted by Gasteiger charge is -2.43. The Balaban J connectivity index is 1.65. The molecule has 7 nitrogen and oxygen atoms in total. The van der Waals surface area contributed by atoms with E-state index in [0.29, 0.717) is 12.2 Å². The van der Waals surface area contributed by atoms with Gasteiger partial charge in [0.05, 0.1) is 11.2 Å². The predicted octanol–water partition coefficient (Wildman–Crippen LogP) is 4.23. The SMILES string of the molecule is CC(C)(C)OC(=O)NC1(c2ccc(CNc3cc[nH]c3C(=O)O)cc2)CCC1. The summed E-state index contributed by atoms with van der Waals surface area (Å²) in [6, 6.07) is 9.72. The highest BCUT2D eigenvalue weighted by Crippen LogP contribution is 2.41. The molecule has 0 unspecified atom stereocenters. The van der Waals surface area contributed by atoms with E-state index in [2.05, 4.69) is 15.6 Å². The highest BCUT2D eigenvalue weighted by Gasteiger charge is 2.41. The minimum Gasteiger partial charge on any atom is -0.477 e. The van der Waals surface area contributed by atoms with Gasteiger partial charge in [-0.1, -0.05) is 24.3 Å². The van der Waals surface area contributed by atoms with Crippen LogP contribution in [0.3, 0.4) is 0 Å². The van der Waals surface area contributed by atoms with Crippen LogP contribution in [0.5, 0.6) is 0 Å². The fourth-order valence-electron chi connectivity index (χ4n) is 3.35. The average molecular weight is 385 g/mol. The van der Waals surface area contributed by atoms with Crippen LogP contribution in [0.2, 0.25) is 0 Å². The number of benzene rings is 1. The van der Waals surface area contributed by atoms with E-state index >= 15 is 0 Å². The van der Waals surface area contributed by atoms with Crippen molar-refractivity contribution in [3.05, 3.63) is 53.3 Å². The number of carbonyl (C=O) groups is 2. The van der Waals surface area contributed by atoms with Gasteiger partial charge in [-0.3, -0.25) is 0 Å². The summed E-state index contributed by atoms with van der Waals surface area (Å²) in [6.07, 6.45) is 4.03. The molecule has 0 atom stereocenters. The Morgan fingerprint density at radius 1 is 1.18 bits per heavy atom. The van der Waals surface area contributed by atoms with Crippen molar-refractivity contribution in [1.29, 1.82) is 0 Å². The molecule has 0 bridgehead atoms. The lowest BCUT2D eigenvalue weighted by Crippen LogP contribution is -2.52. The largest absolute Gasteiger partial charge is 0.477 e. The topological polar surface area (TPSA) is 103 Å². The van der Waals surface area contributed by atoms with Gasteiger partial charge in [0, 0.05) is 12.7 Å². The maximum absolute atomic E-state index is 12.2. The van der Waals surface area contributed by atoms with Crippen molar-refractivity contribution in [3.63, 3.8) is 0 Å². The minimum absolute atomic E-state index is 0.145. The molecule has 1 amide bonds. The summed E-state index contributed by atoms with van der Waals surface area (Å²) < 4.78 is 5.41. The number of ether oxygens (including phenoxy) is 1. The first-order chi connectivity index (χ1) is 13.2. The van der Waals surface area contributed by atoms with Crippen LogP contribution in [-0.4, -0.2) is 27.8 Å². The third kappa shape index (κ3) is 4.47. The molecule has 0 aliphatic heterocycles. The summed E-state index contributed by atoms with van der Waals surface area (Å²) in [6.45, 7) is 6.05. The van der Waals surface area contributed by atoms with Gasteiger partial charge < -0.3 is 25.5 Å². The first kappa shape index (κ1) is 19.8. The smallest absolute Gasteiger partial charge is 0.408 e. The Morgan fingerprint density at radius 2 is 1.86 bits per heavy atom. The quantitative estimate of drug-likeness (QED) is 0.596. The van der Waals surface area contributed by atoms with Crippen molar-refractivity contribution in [2.24, 2.45) is 0 Å². The number of aromatic amines is 1. The molecular weight excluding hydrogens is 358 g/mol. The van der Waals surface area contributed by atoms with Crippen LogP contribution in [0.15, 0.2) is 36.5 Å². The van der Waals surface area contributed by atoms with Gasteiger partial charge in [0.2, 0.25) is 0 Å². The molecule has 1 heterocycles. The van der Waals surface area contributed by atoms with Gasteiger partial charge in [-0.15, -0.1) is 0 Å². The molecule has 2 aromatic rings. The normalized spacial score (nSPS) is 15.4. The number of hydrogen-bond acceptors (Lipinski definition) is 4. The van der Waals surface area contributed by atoms with E-state index in [1.807, 2.05) is 45.0 Å². The number of amides is 1. The van der Waals surface area contributed by atoms with Gasteiger partial charge in [-0.05, 0) is 57.2 Å². The predicted molar refractivity (Wildman–Crippen MR) is 106 cm³/mol. The van der Waals surface area contributed by atoms with Gasteiger partial charge >= 0.3 is 12.1 Å². The molecule has 28 heavy (non-hydrogen) atoms. The van der Waals surface area contributed by atoms with Crippen LogP contribution in [0.1, 0.15) is 61.6 Å². The minimum atomic E-state index is -0.997. The number of alkyl carbamates (subject to hydrolysis) is 1. The lowest BCUT2D eigenvalue weighted by molar-refractivity contribution is 0.0377. The Kier molecular flexibility index (Phi) is 5.36. The van der Waals surface area contributed by atoms with Gasteiger partial charge in [0.1, 0.15) is 11.3 Å². The second kappa shape index (κ2) is 7.58. The van der Waals surface area contributed by atoms with Crippen LogP contribution in [0, 0.1) is 0 Å². The number of rotatable bonds is 6. The number of aromatic carboxylic acids is 1. The summed E-state index contributed by atoms with van der Waals surface area (Å²) in [5.74, 6) is -0.997. The fourth-order valence-corrected chi connectivity index (χ4v) is 3.35. The number of aromatic nitrogens is 1. The Morgan fingerprint density at radius 3 is 2.39 bits per heavy atom. The number of H-pyrrole nitrogens is 1. The molecule has 1 aliphatic carbocycles. The van der Waals surface area contributed by atoms with Crippen molar-refractivity contribution in [3.8, 4) is 0 Å². The fraction of sp³-hybridized carbons (Fsp3) is 0.429. The van der Waals surface area contributed by atoms with Crippen LogP contribution < -0.4 is 10.6 Å². The molecule has 1 aliphatic rings. The highest BCUT2D eigenvalue weighted by atomic mass is 16.6. The second-order valence-electron chi connectivity index (χ2n) is 8.18. The summed E-state index contributed by atoms with van der Waals surface area (Å²) in [4.78, 5) is 26.1. The van der Waals surface area contributed by atoms with E-state index in [1.165, 1.54) is 0 Å². The molecule has 1 fully saturated rings. The standard InChI is InChI=1S/C21H27N3O4/c1-20(2,3)28-19(27)24-21(10-4-11-21)15-7-5-14(6-8-15)13-23-16-9-12-22-17(16)18(25)26/h5-9,12,22-23H,4,10-11,13H2,1-3H3,(H,24,27)(H,25,26). The molecule has 1 saturated carbocycles. The maximum Gasteiger partial charge on any atom is 0.408 e. The van der Waals surface area contributed by atoms with E-state index in [9.17, 15) is 9.59 Å². The number of carboxylic acids is 1. The average Bonchev–Trinajstić information content (AvgIpc) is 3.04. The molecule has 1 aromatic carbocycles. The molecule has 7 heteroatoms. The third-order valence-electron chi connectivity index (χ3n) is 4.90. The number of nitrogens with one attached hydrogen (secondary N) is 3.